The van der Waals surface area contributed by atoms with Gasteiger partial charge in [-0.15, -0.1) is 0 Å². The molecule has 4 rings (SSSR count). The Kier molecular flexibility index (Phi) is 11.2. The minimum absolute atomic E-state index is 0. The average Bonchev–Trinajstić information content (AvgIpc) is 3.56. The van der Waals surface area contributed by atoms with Crippen molar-refractivity contribution in [1.29, 1.82) is 0 Å². The van der Waals surface area contributed by atoms with Gasteiger partial charge in [-0.1, -0.05) is 0 Å². The van der Waals surface area contributed by atoms with Crippen LogP contribution in [0.25, 0.3) is 0 Å². The van der Waals surface area contributed by atoms with Gasteiger partial charge in [-0.3, -0.25) is 0 Å². The topological polar surface area (TPSA) is 25.9 Å². The first-order valence-corrected chi connectivity index (χ1v) is 12.4. The molecule has 4 aliphatic rings. The molecule has 0 N–H and O–H groups in total. The van der Waals surface area contributed by atoms with Gasteiger partial charge in [0.05, 0.1) is 0 Å². The molecule has 0 aromatic rings. The van der Waals surface area contributed by atoms with Gasteiger partial charge >= 0.3 is 0 Å². The largest absolute Gasteiger partial charge is 0.506 e. The van der Waals surface area contributed by atoms with E-state index in [1.165, 1.54) is 0 Å². The Bertz CT molecular complexity index is 626. The molecule has 0 radical (unpaired) electrons. The SMILES string of the molecule is CC(C)N1C=CN(CN2C=CN(C(C)C)[CH-]2)[CH-]1.CC(C)N1C=CN(CN2C=CN(C(C)C)[CH-]2)[CH-]1.[Pd]. The molecule has 0 saturated heterocycles. The van der Waals surface area contributed by atoms with Crippen molar-refractivity contribution in [2.24, 2.45) is 0 Å². The summed E-state index contributed by atoms with van der Waals surface area (Å²) in [7, 11) is 0. The van der Waals surface area contributed by atoms with Gasteiger partial charge in [0, 0.05) is 33.8 Å². The van der Waals surface area contributed by atoms with E-state index in [2.05, 4.69) is 171 Å². The van der Waals surface area contributed by atoms with Crippen LogP contribution in [-0.4, -0.2) is 76.7 Å². The van der Waals surface area contributed by atoms with Gasteiger partial charge in [-0.2, -0.15) is 26.7 Å². The summed E-state index contributed by atoms with van der Waals surface area (Å²) in [5.74, 6) is 0. The predicted octanol–water partition coefficient (Wildman–Crippen LogP) is 4.35. The molecular weight excluding hydrogens is 531 g/mol. The van der Waals surface area contributed by atoms with Crippen LogP contribution in [0.3, 0.4) is 0 Å². The Morgan fingerprint density at radius 2 is 0.600 bits per heavy atom. The van der Waals surface area contributed by atoms with Gasteiger partial charge < -0.3 is 39.2 Å². The summed E-state index contributed by atoms with van der Waals surface area (Å²) in [5, 5.41) is 0. The van der Waals surface area contributed by atoms with Crippen LogP contribution in [-0.2, 0) is 20.4 Å². The normalized spacial score (nSPS) is 19.1. The molecular formula is C26H44N8Pd-4. The Morgan fingerprint density at radius 1 is 0.400 bits per heavy atom. The zero-order valence-electron chi connectivity index (χ0n) is 22.5. The number of nitrogens with zero attached hydrogens (tertiary/aromatic N) is 8. The molecule has 0 saturated carbocycles. The Balaban J connectivity index is 0.000000240. The van der Waals surface area contributed by atoms with Crippen molar-refractivity contribution >= 4 is 0 Å². The summed E-state index contributed by atoms with van der Waals surface area (Å²) < 4.78 is 0. The maximum atomic E-state index is 2.21. The van der Waals surface area contributed by atoms with Crippen LogP contribution in [0, 0.1) is 26.7 Å². The number of hydrogen-bond donors (Lipinski definition) is 0. The molecule has 0 aromatic carbocycles. The zero-order valence-corrected chi connectivity index (χ0v) is 24.1. The fourth-order valence-corrected chi connectivity index (χ4v) is 3.58. The summed E-state index contributed by atoms with van der Waals surface area (Å²) in [6, 6.07) is 2.06. The van der Waals surface area contributed by atoms with Crippen molar-refractivity contribution < 1.29 is 20.4 Å². The average molecular weight is 575 g/mol. The van der Waals surface area contributed by atoms with Crippen LogP contribution < -0.4 is 0 Å². The van der Waals surface area contributed by atoms with E-state index in [-0.39, 0.29) is 20.4 Å². The third-order valence-corrected chi connectivity index (χ3v) is 5.89. The Morgan fingerprint density at radius 3 is 0.743 bits per heavy atom. The van der Waals surface area contributed by atoms with Crippen LogP contribution in [0.4, 0.5) is 0 Å². The molecule has 0 spiro atoms. The molecule has 4 heterocycles. The van der Waals surface area contributed by atoms with Crippen molar-refractivity contribution in [3.8, 4) is 0 Å². The van der Waals surface area contributed by atoms with E-state index >= 15 is 0 Å². The second-order valence-corrected chi connectivity index (χ2v) is 10.2. The molecule has 0 aromatic heterocycles. The standard InChI is InChI=1S/2C13H22N4.Pd/c2*1-12(2)16-7-5-14(10-16)9-15-6-8-17(11-15)13(3)4;/h2*5-8,10-13H,9H2,1-4H3;/q2*-2;. The zero-order chi connectivity index (χ0) is 24.8. The second-order valence-electron chi connectivity index (χ2n) is 10.2. The fraction of sp³-hybridized carbons (Fsp3) is 0.538. The van der Waals surface area contributed by atoms with Crippen molar-refractivity contribution in [2.45, 2.75) is 79.6 Å². The van der Waals surface area contributed by atoms with Gasteiger partial charge in [0.15, 0.2) is 0 Å². The summed E-state index contributed by atoms with van der Waals surface area (Å²) in [4.78, 5) is 17.6. The van der Waals surface area contributed by atoms with E-state index in [1.807, 2.05) is 0 Å². The minimum Gasteiger partial charge on any atom is -0.506 e. The van der Waals surface area contributed by atoms with E-state index in [0.29, 0.717) is 24.2 Å². The molecule has 8 nitrogen and oxygen atoms in total. The molecule has 35 heavy (non-hydrogen) atoms. The first kappa shape index (κ1) is 29.3. The quantitative estimate of drug-likeness (QED) is 0.312. The molecule has 0 atom stereocenters. The molecule has 0 fully saturated rings. The van der Waals surface area contributed by atoms with Gasteiger partial charge in [0.25, 0.3) is 0 Å². The van der Waals surface area contributed by atoms with Gasteiger partial charge in [0.1, 0.15) is 0 Å². The smallest absolute Gasteiger partial charge is 0.0364 e. The van der Waals surface area contributed by atoms with Crippen LogP contribution in [0.15, 0.2) is 49.6 Å². The molecule has 0 bridgehead atoms. The summed E-state index contributed by atoms with van der Waals surface area (Å²) in [6.07, 6.45) is 16.9. The van der Waals surface area contributed by atoms with Crippen molar-refractivity contribution in [3.05, 3.63) is 76.3 Å². The molecule has 0 unspecified atom stereocenters. The van der Waals surface area contributed by atoms with E-state index in [0.717, 1.165) is 13.3 Å². The van der Waals surface area contributed by atoms with Crippen LogP contribution in [0.2, 0.25) is 0 Å². The minimum atomic E-state index is 0. The molecule has 0 amide bonds. The monoisotopic (exact) mass is 574 g/mol. The first-order valence-electron chi connectivity index (χ1n) is 12.4. The Labute approximate surface area is 228 Å². The van der Waals surface area contributed by atoms with Crippen LogP contribution >= 0.6 is 0 Å². The van der Waals surface area contributed by atoms with Crippen molar-refractivity contribution in [1.82, 2.24) is 39.2 Å². The van der Waals surface area contributed by atoms with Crippen molar-refractivity contribution in [3.63, 3.8) is 0 Å². The Hall–Kier alpha value is -1.98. The molecule has 0 aliphatic carbocycles. The van der Waals surface area contributed by atoms with E-state index in [1.54, 1.807) is 0 Å². The second kappa shape index (κ2) is 13.4. The fourth-order valence-electron chi connectivity index (χ4n) is 3.58. The van der Waals surface area contributed by atoms with Gasteiger partial charge in [0.2, 0.25) is 0 Å². The van der Waals surface area contributed by atoms with Crippen LogP contribution in [0.5, 0.6) is 0 Å². The van der Waals surface area contributed by atoms with Gasteiger partial charge in [-0.05, 0) is 129 Å². The van der Waals surface area contributed by atoms with Gasteiger partial charge in [-0.25, -0.2) is 0 Å². The number of rotatable bonds is 8. The maximum Gasteiger partial charge on any atom is 0.0364 e. The summed E-state index contributed by atoms with van der Waals surface area (Å²) in [5.41, 5.74) is 0. The van der Waals surface area contributed by atoms with Crippen LogP contribution in [0.1, 0.15) is 55.4 Å². The molecule has 202 valence electrons. The third kappa shape index (κ3) is 8.57. The summed E-state index contributed by atoms with van der Waals surface area (Å²) in [6.45, 7) is 27.8. The summed E-state index contributed by atoms with van der Waals surface area (Å²) >= 11 is 0. The molecule has 4 aliphatic heterocycles. The first-order chi connectivity index (χ1) is 16.1. The van der Waals surface area contributed by atoms with E-state index < -0.39 is 0 Å². The van der Waals surface area contributed by atoms with E-state index in [9.17, 15) is 0 Å². The number of hydrogen-bond acceptors (Lipinski definition) is 8. The predicted molar refractivity (Wildman–Crippen MR) is 139 cm³/mol. The van der Waals surface area contributed by atoms with Crippen molar-refractivity contribution in [2.75, 3.05) is 13.3 Å². The third-order valence-electron chi connectivity index (χ3n) is 5.89. The maximum absolute atomic E-state index is 2.21. The van der Waals surface area contributed by atoms with E-state index in [4.69, 9.17) is 0 Å². The molecule has 9 heteroatoms.